The number of halogens is 3. The summed E-state index contributed by atoms with van der Waals surface area (Å²) in [7, 11) is 0. The van der Waals surface area contributed by atoms with Crippen LogP contribution in [0.1, 0.15) is 70.6 Å². The number of benzene rings is 2. The van der Waals surface area contributed by atoms with Crippen LogP contribution in [-0.2, 0) is 38.6 Å². The average Bonchev–Trinajstić information content (AvgIpc) is 3.70. The fraction of sp³-hybridized carbons (Fsp3) is 0.364. The molecular weight excluding hydrogens is 693 g/mol. The summed E-state index contributed by atoms with van der Waals surface area (Å²) in [5, 5.41) is 19.2. The Labute approximate surface area is 292 Å². The first-order chi connectivity index (χ1) is 24.6. The molecule has 19 heteroatoms. The van der Waals surface area contributed by atoms with Crippen molar-refractivity contribution in [2.24, 2.45) is 0 Å². The van der Waals surface area contributed by atoms with Crippen molar-refractivity contribution in [3.05, 3.63) is 70.5 Å². The Morgan fingerprint density at radius 3 is 2.54 bits per heavy atom. The normalized spacial score (nSPS) is 18.6. The van der Waals surface area contributed by atoms with Gasteiger partial charge < -0.3 is 9.47 Å². The van der Waals surface area contributed by atoms with Gasteiger partial charge in [-0.05, 0) is 50.6 Å². The smallest absolute Gasteiger partial charge is 0.417 e. The van der Waals surface area contributed by atoms with Gasteiger partial charge in [-0.15, -0.1) is 5.10 Å². The number of rotatable bonds is 11. The molecule has 0 bridgehead atoms. The van der Waals surface area contributed by atoms with Gasteiger partial charge in [-0.25, -0.2) is 14.4 Å². The van der Waals surface area contributed by atoms with E-state index in [1.54, 1.807) is 6.07 Å². The molecule has 3 aromatic rings. The van der Waals surface area contributed by atoms with E-state index in [0.717, 1.165) is 21.9 Å². The maximum Gasteiger partial charge on any atom is 0.417 e. The number of nitriles is 1. The Morgan fingerprint density at radius 1 is 1.06 bits per heavy atom. The van der Waals surface area contributed by atoms with Crippen LogP contribution in [0.5, 0.6) is 5.75 Å². The summed E-state index contributed by atoms with van der Waals surface area (Å²) in [4.78, 5) is 79.3. The molecule has 1 unspecified atom stereocenters. The number of piperidine rings is 1. The predicted molar refractivity (Wildman–Crippen MR) is 168 cm³/mol. The molecule has 3 aliphatic rings. The molecule has 1 N–H and O–H groups in total. The lowest BCUT2D eigenvalue weighted by atomic mass is 10.0. The third-order valence-corrected chi connectivity index (χ3v) is 8.75. The Balaban J connectivity index is 1.01. The number of urea groups is 1. The van der Waals surface area contributed by atoms with Crippen molar-refractivity contribution in [2.75, 3.05) is 18.1 Å². The van der Waals surface area contributed by atoms with E-state index in [0.29, 0.717) is 23.1 Å². The summed E-state index contributed by atoms with van der Waals surface area (Å²) in [6, 6.07) is 6.60. The number of fused-ring (bicyclic) bond motifs is 1. The van der Waals surface area contributed by atoms with Gasteiger partial charge in [0.1, 0.15) is 29.7 Å². The van der Waals surface area contributed by atoms with E-state index in [4.69, 9.17) is 14.7 Å². The first-order valence-electron chi connectivity index (χ1n) is 15.8. The third kappa shape index (κ3) is 6.43. The minimum absolute atomic E-state index is 0.00182. The van der Waals surface area contributed by atoms with Crippen LogP contribution in [0.2, 0.25) is 0 Å². The molecule has 16 nitrogen and oxygen atoms in total. The summed E-state index contributed by atoms with van der Waals surface area (Å²) in [6.45, 7) is 2.91. The molecule has 6 rings (SSSR count). The molecular formula is C33H29F3N8O8. The number of carbonyl (C=O) groups excluding carboxylic acids is 6. The summed E-state index contributed by atoms with van der Waals surface area (Å²) in [5.74, 6) is -3.15. The van der Waals surface area contributed by atoms with Gasteiger partial charge >= 0.3 is 12.2 Å². The van der Waals surface area contributed by atoms with Gasteiger partial charge in [0, 0.05) is 12.8 Å². The first-order valence-corrected chi connectivity index (χ1v) is 15.8. The molecule has 0 aliphatic carbocycles. The number of imide groups is 3. The molecule has 1 atom stereocenters. The van der Waals surface area contributed by atoms with Crippen molar-refractivity contribution < 1.29 is 51.4 Å². The predicted octanol–water partition coefficient (Wildman–Crippen LogP) is 2.76. The Bertz CT molecular complexity index is 2060. The van der Waals surface area contributed by atoms with Gasteiger partial charge in [0.05, 0.1) is 60.0 Å². The molecule has 270 valence electrons. The van der Waals surface area contributed by atoms with Gasteiger partial charge in [0.2, 0.25) is 11.8 Å². The van der Waals surface area contributed by atoms with Gasteiger partial charge in [-0.3, -0.25) is 39.1 Å². The standard InChI is InChI=1S/C33H29F3N8O8/c1-32(2)30(49)43(20-8-7-18(14-37)22(13-20)33(34,35)36)31(50)42(32)17-41-15-19(39-40-41)16-51-11-4-12-52-24-6-3-5-21-26(24)29(48)44(28(21)47)23-9-10-25(45)38-27(23)46/h3,5-8,13,15,23H,4,9-12,16-17H2,1-2H3,(H,38,45,46). The highest BCUT2D eigenvalue weighted by atomic mass is 19.4. The molecule has 7 amide bonds. The quantitative estimate of drug-likeness (QED) is 0.174. The molecule has 4 heterocycles. The number of hydrogen-bond acceptors (Lipinski definition) is 11. The molecule has 2 aromatic carbocycles. The molecule has 2 saturated heterocycles. The van der Waals surface area contributed by atoms with Crippen molar-refractivity contribution >= 4 is 41.3 Å². The SMILES string of the molecule is CC1(C)C(=O)N(c2ccc(C#N)c(C(F)(F)F)c2)C(=O)N1Cn1cc(COCCCOc2cccc3c2C(=O)N(C2CCC(=O)NC2=O)C3=O)nn1. The van der Waals surface area contributed by atoms with Crippen LogP contribution in [0.4, 0.5) is 23.7 Å². The van der Waals surface area contributed by atoms with Crippen LogP contribution in [0.25, 0.3) is 0 Å². The van der Waals surface area contributed by atoms with Crippen molar-refractivity contribution in [3.8, 4) is 11.8 Å². The number of aromatic nitrogens is 3. The summed E-state index contributed by atoms with van der Waals surface area (Å²) >= 11 is 0. The largest absolute Gasteiger partial charge is 0.493 e. The molecule has 2 fully saturated rings. The van der Waals surface area contributed by atoms with Gasteiger partial charge in [-0.1, -0.05) is 11.3 Å². The average molecular weight is 723 g/mol. The Morgan fingerprint density at radius 2 is 1.83 bits per heavy atom. The Kier molecular flexibility index (Phi) is 9.27. The maximum atomic E-state index is 13.6. The number of carbonyl (C=O) groups is 6. The Hall–Kier alpha value is -6.16. The van der Waals surface area contributed by atoms with Crippen molar-refractivity contribution in [2.45, 2.75) is 64.1 Å². The second kappa shape index (κ2) is 13.5. The lowest BCUT2D eigenvalue weighted by Gasteiger charge is -2.27. The monoisotopic (exact) mass is 722 g/mol. The fourth-order valence-electron chi connectivity index (χ4n) is 6.05. The minimum atomic E-state index is -4.89. The molecule has 1 aromatic heterocycles. The topological polar surface area (TPSA) is 197 Å². The molecule has 3 aliphatic heterocycles. The van der Waals surface area contributed by atoms with Crippen LogP contribution >= 0.6 is 0 Å². The van der Waals surface area contributed by atoms with Crippen LogP contribution in [-0.4, -0.2) is 85.2 Å². The van der Waals surface area contributed by atoms with E-state index in [2.05, 4.69) is 15.6 Å². The summed E-state index contributed by atoms with van der Waals surface area (Å²) in [6.07, 6.45) is -3.03. The number of nitrogens with zero attached hydrogens (tertiary/aromatic N) is 7. The van der Waals surface area contributed by atoms with E-state index in [1.807, 2.05) is 0 Å². The first kappa shape index (κ1) is 35.7. The molecule has 0 spiro atoms. The maximum absolute atomic E-state index is 13.6. The lowest BCUT2D eigenvalue weighted by molar-refractivity contribution is -0.138. The summed E-state index contributed by atoms with van der Waals surface area (Å²) in [5.41, 5.74) is -3.23. The molecule has 52 heavy (non-hydrogen) atoms. The number of anilines is 1. The summed E-state index contributed by atoms with van der Waals surface area (Å²) < 4.78 is 53.4. The number of amides is 7. The van der Waals surface area contributed by atoms with Crippen LogP contribution in [0.15, 0.2) is 42.6 Å². The van der Waals surface area contributed by atoms with Gasteiger partial charge in [0.15, 0.2) is 0 Å². The number of ether oxygens (including phenoxy) is 2. The van der Waals surface area contributed by atoms with Crippen LogP contribution < -0.4 is 15.0 Å². The lowest BCUT2D eigenvalue weighted by Crippen LogP contribution is -2.54. The van der Waals surface area contributed by atoms with E-state index < -0.39 is 64.5 Å². The number of alkyl halides is 3. The molecule has 0 saturated carbocycles. The van der Waals surface area contributed by atoms with Crippen LogP contribution in [0, 0.1) is 11.3 Å². The highest BCUT2D eigenvalue weighted by Gasteiger charge is 2.52. The van der Waals surface area contributed by atoms with Gasteiger partial charge in [0.25, 0.3) is 17.7 Å². The number of hydrogen-bond donors (Lipinski definition) is 1. The third-order valence-electron chi connectivity index (χ3n) is 8.75. The van der Waals surface area contributed by atoms with Crippen molar-refractivity contribution in [1.82, 2.24) is 30.1 Å². The van der Waals surface area contributed by atoms with E-state index >= 15 is 0 Å². The minimum Gasteiger partial charge on any atom is -0.493 e. The zero-order chi connectivity index (χ0) is 37.5. The van der Waals surface area contributed by atoms with Crippen molar-refractivity contribution in [1.29, 1.82) is 5.26 Å². The second-order valence-corrected chi connectivity index (χ2v) is 12.5. The highest BCUT2D eigenvalue weighted by Crippen LogP contribution is 2.38. The highest BCUT2D eigenvalue weighted by molar-refractivity contribution is 6.25. The zero-order valence-corrected chi connectivity index (χ0v) is 27.6. The van der Waals surface area contributed by atoms with E-state index in [-0.39, 0.29) is 61.9 Å². The molecule has 0 radical (unpaired) electrons. The zero-order valence-electron chi connectivity index (χ0n) is 27.6. The second-order valence-electron chi connectivity index (χ2n) is 12.5. The fourth-order valence-corrected chi connectivity index (χ4v) is 6.05. The van der Waals surface area contributed by atoms with Crippen molar-refractivity contribution in [3.63, 3.8) is 0 Å². The van der Waals surface area contributed by atoms with Crippen LogP contribution in [0.3, 0.4) is 0 Å². The van der Waals surface area contributed by atoms with E-state index in [9.17, 15) is 41.9 Å². The van der Waals surface area contributed by atoms with Gasteiger partial charge in [-0.2, -0.15) is 18.4 Å². The number of nitrogens with one attached hydrogen (secondary N) is 1. The van der Waals surface area contributed by atoms with E-state index in [1.165, 1.54) is 42.9 Å².